The zero-order valence-electron chi connectivity index (χ0n) is 12.7. The molecular formula is C16H22ClN5. The lowest BCUT2D eigenvalue weighted by Gasteiger charge is -2.13. The fraction of sp³-hybridized carbons (Fsp3) is 0.125. The summed E-state index contributed by atoms with van der Waals surface area (Å²) in [5.74, 6) is -0.101. The Bertz CT molecular complexity index is 532. The molecule has 118 valence electrons. The maximum absolute atomic E-state index is 7.07. The van der Waals surface area contributed by atoms with Gasteiger partial charge in [-0.2, -0.15) is 0 Å². The number of hydrogen-bond donors (Lipinski definition) is 4. The van der Waals surface area contributed by atoms with E-state index in [1.54, 1.807) is 14.1 Å². The van der Waals surface area contributed by atoms with E-state index >= 15 is 0 Å². The molecule has 0 bridgehead atoms. The summed E-state index contributed by atoms with van der Waals surface area (Å²) in [7, 11) is 3.39. The molecule has 2 aromatic rings. The molecule has 22 heavy (non-hydrogen) atoms. The molecule has 0 unspecified atom stereocenters. The summed E-state index contributed by atoms with van der Waals surface area (Å²) in [6.45, 7) is 0. The SMILES string of the molecule is CN(C)C(=N)NC(=N)N.Cl.c1ccc(-c2ccccc2)cc1. The van der Waals surface area contributed by atoms with Crippen LogP contribution >= 0.6 is 12.4 Å². The summed E-state index contributed by atoms with van der Waals surface area (Å²) in [6.07, 6.45) is 0. The third kappa shape index (κ3) is 7.31. The van der Waals surface area contributed by atoms with Crippen LogP contribution in [0.5, 0.6) is 0 Å². The third-order valence-electron chi connectivity index (χ3n) is 2.58. The fourth-order valence-electron chi connectivity index (χ4n) is 1.50. The van der Waals surface area contributed by atoms with Crippen LogP contribution in [0.1, 0.15) is 0 Å². The van der Waals surface area contributed by atoms with E-state index in [2.05, 4.69) is 53.8 Å². The molecule has 0 saturated heterocycles. The van der Waals surface area contributed by atoms with E-state index in [0.717, 1.165) is 0 Å². The average Bonchev–Trinajstić information content (AvgIpc) is 2.49. The van der Waals surface area contributed by atoms with Crippen LogP contribution in [0.3, 0.4) is 0 Å². The van der Waals surface area contributed by atoms with Crippen LogP contribution in [0.15, 0.2) is 60.7 Å². The highest BCUT2D eigenvalue weighted by Crippen LogP contribution is 2.17. The second-order valence-electron chi connectivity index (χ2n) is 4.51. The average molecular weight is 320 g/mol. The van der Waals surface area contributed by atoms with Crippen LogP contribution in [0.2, 0.25) is 0 Å². The van der Waals surface area contributed by atoms with Crippen molar-refractivity contribution in [1.82, 2.24) is 10.2 Å². The molecule has 0 radical (unpaired) electrons. The zero-order valence-corrected chi connectivity index (χ0v) is 13.5. The van der Waals surface area contributed by atoms with Crippen molar-refractivity contribution in [2.45, 2.75) is 0 Å². The molecule has 2 rings (SSSR count). The molecule has 0 saturated carbocycles. The monoisotopic (exact) mass is 319 g/mol. The lowest BCUT2D eigenvalue weighted by atomic mass is 10.1. The standard InChI is InChI=1S/C12H10.C4H11N5.ClH/c1-3-7-11(8-4-1)12-9-5-2-6-10-12;1-9(2)4(7)8-3(5)6;/h1-10H;1-2H3,(H5,5,6,7,8);1H. The highest BCUT2D eigenvalue weighted by Gasteiger charge is 1.96. The quantitative estimate of drug-likeness (QED) is 0.481. The van der Waals surface area contributed by atoms with Gasteiger partial charge < -0.3 is 10.6 Å². The van der Waals surface area contributed by atoms with Gasteiger partial charge in [-0.15, -0.1) is 12.4 Å². The number of rotatable bonds is 1. The van der Waals surface area contributed by atoms with Crippen molar-refractivity contribution in [3.05, 3.63) is 60.7 Å². The summed E-state index contributed by atoms with van der Waals surface area (Å²) >= 11 is 0. The molecule has 0 aliphatic carbocycles. The van der Waals surface area contributed by atoms with Crippen molar-refractivity contribution >= 4 is 24.3 Å². The highest BCUT2D eigenvalue weighted by molar-refractivity contribution is 5.94. The number of guanidine groups is 2. The van der Waals surface area contributed by atoms with E-state index in [0.29, 0.717) is 0 Å². The van der Waals surface area contributed by atoms with Crippen LogP contribution in [0.4, 0.5) is 0 Å². The second kappa shape index (κ2) is 10.2. The summed E-state index contributed by atoms with van der Waals surface area (Å²) in [4.78, 5) is 1.52. The Kier molecular flexibility index (Phi) is 9.06. The van der Waals surface area contributed by atoms with Crippen molar-refractivity contribution in [3.63, 3.8) is 0 Å². The van der Waals surface area contributed by atoms with Crippen molar-refractivity contribution in [2.24, 2.45) is 5.73 Å². The number of nitrogens with two attached hydrogens (primary N) is 1. The van der Waals surface area contributed by atoms with Gasteiger partial charge in [0.15, 0.2) is 11.9 Å². The van der Waals surface area contributed by atoms with Gasteiger partial charge in [-0.05, 0) is 11.1 Å². The van der Waals surface area contributed by atoms with Crippen LogP contribution in [0.25, 0.3) is 11.1 Å². The van der Waals surface area contributed by atoms with E-state index in [1.807, 2.05) is 12.1 Å². The Morgan fingerprint density at radius 3 is 1.45 bits per heavy atom. The van der Waals surface area contributed by atoms with E-state index in [1.165, 1.54) is 16.0 Å². The number of nitrogens with zero attached hydrogens (tertiary/aromatic N) is 1. The first-order valence-electron chi connectivity index (χ1n) is 6.48. The van der Waals surface area contributed by atoms with Gasteiger partial charge in [0.2, 0.25) is 0 Å². The van der Waals surface area contributed by atoms with E-state index in [4.69, 9.17) is 16.6 Å². The second-order valence-corrected chi connectivity index (χ2v) is 4.51. The van der Waals surface area contributed by atoms with Crippen LogP contribution in [0, 0.1) is 10.8 Å². The first kappa shape index (κ1) is 19.5. The van der Waals surface area contributed by atoms with Crippen molar-refractivity contribution in [2.75, 3.05) is 14.1 Å². The number of halogens is 1. The molecule has 0 aromatic heterocycles. The normalized spacial score (nSPS) is 8.64. The Hall–Kier alpha value is -2.53. The Morgan fingerprint density at radius 1 is 0.864 bits per heavy atom. The molecule has 0 atom stereocenters. The maximum atomic E-state index is 7.07. The van der Waals surface area contributed by atoms with Gasteiger partial charge in [0.05, 0.1) is 0 Å². The van der Waals surface area contributed by atoms with Gasteiger partial charge in [0.25, 0.3) is 0 Å². The van der Waals surface area contributed by atoms with Gasteiger partial charge >= 0.3 is 0 Å². The largest absolute Gasteiger partial charge is 0.370 e. The molecule has 0 amide bonds. The molecule has 2 aromatic carbocycles. The molecule has 0 aliphatic rings. The Labute approximate surface area is 137 Å². The Balaban J connectivity index is 0.000000402. The molecule has 0 fully saturated rings. The zero-order chi connectivity index (χ0) is 15.7. The van der Waals surface area contributed by atoms with Gasteiger partial charge in [0.1, 0.15) is 0 Å². The summed E-state index contributed by atoms with van der Waals surface area (Å²) in [5, 5.41) is 16.1. The molecule has 6 heteroatoms. The van der Waals surface area contributed by atoms with E-state index in [-0.39, 0.29) is 24.3 Å². The molecule has 0 aliphatic heterocycles. The molecule has 0 spiro atoms. The number of nitrogens with one attached hydrogen (secondary N) is 3. The predicted octanol–water partition coefficient (Wildman–Crippen LogP) is 2.74. The topological polar surface area (TPSA) is 89.0 Å². The maximum Gasteiger partial charge on any atom is 0.197 e. The minimum absolute atomic E-state index is 0. The fourth-order valence-corrected chi connectivity index (χ4v) is 1.50. The summed E-state index contributed by atoms with van der Waals surface area (Å²) in [6, 6.07) is 20.8. The first-order chi connectivity index (χ1) is 10.0. The van der Waals surface area contributed by atoms with Gasteiger partial charge in [-0.1, -0.05) is 60.7 Å². The third-order valence-corrected chi connectivity index (χ3v) is 2.58. The van der Waals surface area contributed by atoms with Crippen molar-refractivity contribution in [1.29, 1.82) is 10.8 Å². The van der Waals surface area contributed by atoms with Gasteiger partial charge in [0, 0.05) is 14.1 Å². The highest BCUT2D eigenvalue weighted by atomic mass is 35.5. The molecule has 0 heterocycles. The molecule has 5 N–H and O–H groups in total. The van der Waals surface area contributed by atoms with Crippen LogP contribution < -0.4 is 11.1 Å². The summed E-state index contributed by atoms with van der Waals surface area (Å²) < 4.78 is 0. The first-order valence-corrected chi connectivity index (χ1v) is 6.48. The van der Waals surface area contributed by atoms with Crippen LogP contribution in [-0.2, 0) is 0 Å². The van der Waals surface area contributed by atoms with Crippen LogP contribution in [-0.4, -0.2) is 30.9 Å². The minimum atomic E-state index is -0.214. The van der Waals surface area contributed by atoms with Crippen molar-refractivity contribution < 1.29 is 0 Å². The summed E-state index contributed by atoms with van der Waals surface area (Å²) in [5.41, 5.74) is 7.49. The lowest BCUT2D eigenvalue weighted by Crippen LogP contribution is -2.42. The van der Waals surface area contributed by atoms with E-state index in [9.17, 15) is 0 Å². The van der Waals surface area contributed by atoms with Gasteiger partial charge in [-0.25, -0.2) is 0 Å². The predicted molar refractivity (Wildman–Crippen MR) is 95.6 cm³/mol. The number of hydrogen-bond acceptors (Lipinski definition) is 2. The van der Waals surface area contributed by atoms with Crippen molar-refractivity contribution in [3.8, 4) is 11.1 Å². The molecular weight excluding hydrogens is 298 g/mol. The Morgan fingerprint density at radius 2 is 1.23 bits per heavy atom. The number of benzene rings is 2. The smallest absolute Gasteiger partial charge is 0.197 e. The minimum Gasteiger partial charge on any atom is -0.370 e. The molecule has 5 nitrogen and oxygen atoms in total. The van der Waals surface area contributed by atoms with Gasteiger partial charge in [-0.3, -0.25) is 16.1 Å². The lowest BCUT2D eigenvalue weighted by molar-refractivity contribution is 0.599. The van der Waals surface area contributed by atoms with E-state index < -0.39 is 0 Å².